The third-order valence-electron chi connectivity index (χ3n) is 3.14. The Morgan fingerprint density at radius 2 is 1.95 bits per heavy atom. The van der Waals surface area contributed by atoms with Crippen molar-refractivity contribution in [1.82, 2.24) is 10.0 Å². The second kappa shape index (κ2) is 7.87. The Morgan fingerprint density at radius 3 is 2.52 bits per heavy atom. The monoisotopic (exact) mass is 316 g/mol. The summed E-state index contributed by atoms with van der Waals surface area (Å²) in [4.78, 5) is 0.123. The lowest BCUT2D eigenvalue weighted by Gasteiger charge is -2.13. The molecule has 0 radical (unpaired) electrons. The molecule has 0 fully saturated rings. The van der Waals surface area contributed by atoms with Gasteiger partial charge in [-0.05, 0) is 31.0 Å². The van der Waals surface area contributed by atoms with Gasteiger partial charge in [-0.25, -0.2) is 17.5 Å². The maximum Gasteiger partial charge on any atom is 0.240 e. The molecule has 120 valence electrons. The van der Waals surface area contributed by atoms with Crippen LogP contribution < -0.4 is 10.0 Å². The van der Waals surface area contributed by atoms with Crippen LogP contribution in [-0.4, -0.2) is 21.0 Å². The molecule has 0 aliphatic carbocycles. The molecule has 0 aliphatic rings. The first-order chi connectivity index (χ1) is 9.77. The molecule has 0 heterocycles. The van der Waals surface area contributed by atoms with Crippen molar-refractivity contribution in [3.05, 3.63) is 29.1 Å². The van der Waals surface area contributed by atoms with Crippen molar-refractivity contribution in [2.75, 3.05) is 6.54 Å². The Balaban J connectivity index is 3.02. The van der Waals surface area contributed by atoms with Crippen LogP contribution in [0.5, 0.6) is 0 Å². The summed E-state index contributed by atoms with van der Waals surface area (Å²) in [7, 11) is -3.58. The average molecular weight is 316 g/mol. The van der Waals surface area contributed by atoms with Gasteiger partial charge in [0.25, 0.3) is 0 Å². The normalized spacial score (nSPS) is 12.1. The summed E-state index contributed by atoms with van der Waals surface area (Å²) in [5.74, 6) is -0.351. The number of nitrogens with one attached hydrogen (secondary N) is 2. The Bertz CT molecular complexity index is 571. The van der Waals surface area contributed by atoms with E-state index in [1.165, 1.54) is 12.1 Å². The number of sulfonamides is 1. The molecule has 4 nitrogen and oxygen atoms in total. The van der Waals surface area contributed by atoms with Crippen molar-refractivity contribution in [3.63, 3.8) is 0 Å². The zero-order chi connectivity index (χ0) is 16.0. The first-order valence-electron chi connectivity index (χ1n) is 7.30. The molecule has 0 unspecified atom stereocenters. The summed E-state index contributed by atoms with van der Waals surface area (Å²) < 4.78 is 41.0. The van der Waals surface area contributed by atoms with Gasteiger partial charge in [0.05, 0.1) is 4.90 Å². The van der Waals surface area contributed by atoms with Crippen LogP contribution in [0.3, 0.4) is 0 Å². The predicted octanol–water partition coefficient (Wildman–Crippen LogP) is 2.71. The number of unbranched alkanes of at least 4 members (excludes halogenated alkanes) is 1. The molecule has 6 heteroatoms. The number of halogens is 1. The largest absolute Gasteiger partial charge is 0.310 e. The molecule has 1 aromatic carbocycles. The highest BCUT2D eigenvalue weighted by molar-refractivity contribution is 7.89. The highest BCUT2D eigenvalue weighted by atomic mass is 32.2. The molecule has 0 atom stereocenters. The fourth-order valence-electron chi connectivity index (χ4n) is 1.87. The van der Waals surface area contributed by atoms with Crippen LogP contribution in [0.4, 0.5) is 4.39 Å². The third kappa shape index (κ3) is 5.37. The van der Waals surface area contributed by atoms with Crippen LogP contribution in [0.2, 0.25) is 0 Å². The fraction of sp³-hybridized carbons (Fsp3) is 0.600. The van der Waals surface area contributed by atoms with Crippen LogP contribution in [0.15, 0.2) is 17.0 Å². The minimum atomic E-state index is -3.58. The standard InChI is InChI=1S/C15H25FN2O2S/c1-5-6-7-18-21(19,20)14-8-12(4)15(16)13(9-14)10-17-11(2)3/h8-9,11,17-18H,5-7,10H2,1-4H3. The molecule has 0 spiro atoms. The Hall–Kier alpha value is -0.980. The highest BCUT2D eigenvalue weighted by Gasteiger charge is 2.17. The summed E-state index contributed by atoms with van der Waals surface area (Å²) in [5.41, 5.74) is 0.716. The highest BCUT2D eigenvalue weighted by Crippen LogP contribution is 2.19. The number of benzene rings is 1. The van der Waals surface area contributed by atoms with Gasteiger partial charge in [0.1, 0.15) is 5.82 Å². The van der Waals surface area contributed by atoms with Crippen LogP contribution in [0.25, 0.3) is 0 Å². The average Bonchev–Trinajstić information content (AvgIpc) is 2.40. The quantitative estimate of drug-likeness (QED) is 0.725. The van der Waals surface area contributed by atoms with E-state index in [0.29, 0.717) is 24.2 Å². The molecule has 2 N–H and O–H groups in total. The van der Waals surface area contributed by atoms with E-state index in [2.05, 4.69) is 10.0 Å². The summed E-state index contributed by atoms with van der Waals surface area (Å²) in [6, 6.07) is 2.99. The van der Waals surface area contributed by atoms with Crippen LogP contribution >= 0.6 is 0 Å². The van der Waals surface area contributed by atoms with Gasteiger partial charge in [-0.1, -0.05) is 27.2 Å². The van der Waals surface area contributed by atoms with Gasteiger partial charge in [0.2, 0.25) is 10.0 Å². The molecule has 0 saturated heterocycles. The Morgan fingerprint density at radius 1 is 1.29 bits per heavy atom. The molecule has 1 aromatic rings. The van der Waals surface area contributed by atoms with Crippen LogP contribution in [-0.2, 0) is 16.6 Å². The molecule has 1 rings (SSSR count). The first kappa shape index (κ1) is 18.1. The summed E-state index contributed by atoms with van der Waals surface area (Å²) in [6.07, 6.45) is 1.69. The first-order valence-corrected chi connectivity index (χ1v) is 8.78. The molecular formula is C15H25FN2O2S. The summed E-state index contributed by atoms with van der Waals surface area (Å²) in [5, 5.41) is 3.11. The third-order valence-corrected chi connectivity index (χ3v) is 4.58. The predicted molar refractivity (Wildman–Crippen MR) is 83.2 cm³/mol. The van der Waals surface area contributed by atoms with E-state index >= 15 is 0 Å². The maximum absolute atomic E-state index is 14.1. The van der Waals surface area contributed by atoms with Crippen molar-refractivity contribution < 1.29 is 12.8 Å². The molecule has 0 bridgehead atoms. The molecular weight excluding hydrogens is 291 g/mol. The second-order valence-corrected chi connectivity index (χ2v) is 7.27. The van der Waals surface area contributed by atoms with Gasteiger partial charge >= 0.3 is 0 Å². The lowest BCUT2D eigenvalue weighted by atomic mass is 10.1. The van der Waals surface area contributed by atoms with Crippen molar-refractivity contribution in [2.24, 2.45) is 0 Å². The van der Waals surface area contributed by atoms with Gasteiger partial charge in [0, 0.05) is 24.7 Å². The molecule has 0 amide bonds. The van der Waals surface area contributed by atoms with E-state index in [4.69, 9.17) is 0 Å². The Kier molecular flexibility index (Phi) is 6.77. The minimum Gasteiger partial charge on any atom is -0.310 e. The Labute approximate surface area is 127 Å². The minimum absolute atomic E-state index is 0.123. The van der Waals surface area contributed by atoms with Crippen LogP contribution in [0, 0.1) is 12.7 Å². The van der Waals surface area contributed by atoms with Crippen molar-refractivity contribution in [1.29, 1.82) is 0 Å². The molecule has 0 saturated carbocycles. The number of hydrogen-bond acceptors (Lipinski definition) is 3. The van der Waals surface area contributed by atoms with Crippen molar-refractivity contribution >= 4 is 10.0 Å². The zero-order valence-electron chi connectivity index (χ0n) is 13.2. The lowest BCUT2D eigenvalue weighted by molar-refractivity contribution is 0.546. The van der Waals surface area contributed by atoms with Crippen molar-refractivity contribution in [2.45, 2.75) is 58.0 Å². The van der Waals surface area contributed by atoms with E-state index in [1.54, 1.807) is 6.92 Å². The van der Waals surface area contributed by atoms with E-state index in [9.17, 15) is 12.8 Å². The molecule has 21 heavy (non-hydrogen) atoms. The molecule has 0 aliphatic heterocycles. The number of aryl methyl sites for hydroxylation is 1. The van der Waals surface area contributed by atoms with Gasteiger partial charge in [-0.2, -0.15) is 0 Å². The fourth-order valence-corrected chi connectivity index (χ4v) is 3.08. The van der Waals surface area contributed by atoms with Crippen LogP contribution in [0.1, 0.15) is 44.7 Å². The van der Waals surface area contributed by atoms with E-state index in [1.807, 2.05) is 20.8 Å². The molecule has 0 aromatic heterocycles. The van der Waals surface area contributed by atoms with Gasteiger partial charge in [-0.15, -0.1) is 0 Å². The number of rotatable bonds is 8. The number of hydrogen-bond donors (Lipinski definition) is 2. The SMILES string of the molecule is CCCCNS(=O)(=O)c1cc(C)c(F)c(CNC(C)C)c1. The smallest absolute Gasteiger partial charge is 0.240 e. The lowest BCUT2D eigenvalue weighted by Crippen LogP contribution is -2.26. The van der Waals surface area contributed by atoms with E-state index in [0.717, 1.165) is 12.8 Å². The van der Waals surface area contributed by atoms with Gasteiger partial charge < -0.3 is 5.32 Å². The van der Waals surface area contributed by atoms with Crippen molar-refractivity contribution in [3.8, 4) is 0 Å². The topological polar surface area (TPSA) is 58.2 Å². The van der Waals surface area contributed by atoms with E-state index < -0.39 is 10.0 Å². The van der Waals surface area contributed by atoms with Gasteiger partial charge in [-0.3, -0.25) is 0 Å². The summed E-state index contributed by atoms with van der Waals surface area (Å²) in [6.45, 7) is 8.19. The van der Waals surface area contributed by atoms with Gasteiger partial charge in [0.15, 0.2) is 0 Å². The summed E-state index contributed by atoms with van der Waals surface area (Å²) >= 11 is 0. The second-order valence-electron chi connectivity index (χ2n) is 5.50. The maximum atomic E-state index is 14.1. The van der Waals surface area contributed by atoms with E-state index in [-0.39, 0.29) is 16.8 Å². The zero-order valence-corrected chi connectivity index (χ0v) is 14.0.